The number of methoxy groups -OCH3 is 1. The summed E-state index contributed by atoms with van der Waals surface area (Å²) in [5, 5.41) is 7.65. The van der Waals surface area contributed by atoms with Gasteiger partial charge in [0.1, 0.15) is 11.7 Å². The molecule has 0 atom stereocenters. The molecule has 0 saturated heterocycles. The summed E-state index contributed by atoms with van der Waals surface area (Å²) in [5.41, 5.74) is 19.3. The van der Waals surface area contributed by atoms with E-state index in [1.807, 2.05) is 54.6 Å². The van der Waals surface area contributed by atoms with Gasteiger partial charge < -0.3 is 25.7 Å². The van der Waals surface area contributed by atoms with Crippen molar-refractivity contribution in [3.05, 3.63) is 136 Å². The zero-order valence-corrected chi connectivity index (χ0v) is 25.6. The second kappa shape index (κ2) is 14.0. The number of nitrogen functional groups attached to an aromatic ring is 1. The largest absolute Gasteiger partial charge is 0.465 e. The van der Waals surface area contributed by atoms with Gasteiger partial charge in [-0.25, -0.2) is 9.78 Å². The average Bonchev–Trinajstić information content (AvgIpc) is 3.40. The van der Waals surface area contributed by atoms with E-state index in [2.05, 4.69) is 35.8 Å². The van der Waals surface area contributed by atoms with Crippen molar-refractivity contribution in [2.24, 2.45) is 11.5 Å². The van der Waals surface area contributed by atoms with Crippen LogP contribution in [0.1, 0.15) is 54.4 Å². The summed E-state index contributed by atoms with van der Waals surface area (Å²) in [5.74, 6) is 0.431. The van der Waals surface area contributed by atoms with Gasteiger partial charge in [-0.2, -0.15) is 0 Å². The highest BCUT2D eigenvalue weighted by Crippen LogP contribution is 2.23. The maximum atomic E-state index is 13.7. The van der Waals surface area contributed by atoms with Crippen LogP contribution in [-0.2, 0) is 30.7 Å². The van der Waals surface area contributed by atoms with Crippen LogP contribution >= 0.6 is 0 Å². The number of imidazole rings is 1. The lowest BCUT2D eigenvalue weighted by molar-refractivity contribution is 0.0600. The SMILES string of the molecule is COC(=O)c1ccc(CN(CCN)C(=O)c2ccc3c(c2)nc(CCc2ccc(C(=N)N)cc2)n3Cc2ccc(C)cc2)cc1. The van der Waals surface area contributed by atoms with E-state index < -0.39 is 5.97 Å². The molecule has 45 heavy (non-hydrogen) atoms. The molecule has 9 heteroatoms. The van der Waals surface area contributed by atoms with Crippen LogP contribution in [0.5, 0.6) is 0 Å². The van der Waals surface area contributed by atoms with Gasteiger partial charge in [-0.3, -0.25) is 10.2 Å². The van der Waals surface area contributed by atoms with Gasteiger partial charge >= 0.3 is 5.97 Å². The Kier molecular flexibility index (Phi) is 9.70. The van der Waals surface area contributed by atoms with Crippen LogP contribution in [0, 0.1) is 12.3 Å². The van der Waals surface area contributed by atoms with Crippen molar-refractivity contribution < 1.29 is 14.3 Å². The molecule has 1 heterocycles. The first-order valence-electron chi connectivity index (χ1n) is 14.9. The molecule has 9 nitrogen and oxygen atoms in total. The molecule has 5 N–H and O–H groups in total. The minimum absolute atomic E-state index is 0.0493. The van der Waals surface area contributed by atoms with E-state index in [0.717, 1.165) is 34.4 Å². The lowest BCUT2D eigenvalue weighted by Crippen LogP contribution is -2.34. The number of fused-ring (bicyclic) bond motifs is 1. The molecular weight excluding hydrogens is 564 g/mol. The smallest absolute Gasteiger partial charge is 0.337 e. The number of benzene rings is 4. The number of esters is 1. The maximum Gasteiger partial charge on any atom is 0.337 e. The van der Waals surface area contributed by atoms with Crippen molar-refractivity contribution in [2.75, 3.05) is 20.2 Å². The predicted octanol–water partition coefficient (Wildman–Crippen LogP) is 4.85. The third-order valence-corrected chi connectivity index (χ3v) is 7.87. The summed E-state index contributed by atoms with van der Waals surface area (Å²) in [7, 11) is 1.35. The van der Waals surface area contributed by atoms with Crippen molar-refractivity contribution in [3.63, 3.8) is 0 Å². The van der Waals surface area contributed by atoms with Crippen LogP contribution in [-0.4, -0.2) is 52.4 Å². The lowest BCUT2D eigenvalue weighted by Gasteiger charge is -2.22. The molecule has 0 aliphatic rings. The minimum Gasteiger partial charge on any atom is -0.465 e. The first kappa shape index (κ1) is 31.2. The molecule has 0 saturated carbocycles. The number of carbonyl (C=O) groups is 2. The molecule has 0 fully saturated rings. The number of hydrogen-bond acceptors (Lipinski definition) is 6. The number of nitrogens with zero attached hydrogens (tertiary/aromatic N) is 3. The highest BCUT2D eigenvalue weighted by molar-refractivity contribution is 5.97. The number of amidine groups is 1. The van der Waals surface area contributed by atoms with Crippen LogP contribution in [0.2, 0.25) is 0 Å². The summed E-state index contributed by atoms with van der Waals surface area (Å²) in [4.78, 5) is 32.3. The van der Waals surface area contributed by atoms with Crippen LogP contribution in [0.3, 0.4) is 0 Å². The molecule has 1 amide bonds. The van der Waals surface area contributed by atoms with Gasteiger partial charge in [-0.05, 0) is 60.4 Å². The number of rotatable bonds is 12. The van der Waals surface area contributed by atoms with E-state index in [0.29, 0.717) is 49.3 Å². The van der Waals surface area contributed by atoms with Crippen LogP contribution in [0.15, 0.2) is 91.0 Å². The van der Waals surface area contributed by atoms with Gasteiger partial charge in [0.15, 0.2) is 0 Å². The van der Waals surface area contributed by atoms with Crippen LogP contribution in [0.25, 0.3) is 11.0 Å². The van der Waals surface area contributed by atoms with Crippen LogP contribution < -0.4 is 11.5 Å². The molecule has 5 aromatic rings. The van der Waals surface area contributed by atoms with Gasteiger partial charge in [0.2, 0.25) is 0 Å². The van der Waals surface area contributed by atoms with Crippen molar-refractivity contribution in [1.29, 1.82) is 5.41 Å². The number of aryl methyl sites for hydroxylation is 3. The molecule has 230 valence electrons. The quantitative estimate of drug-likeness (QED) is 0.106. The van der Waals surface area contributed by atoms with Gasteiger partial charge in [-0.1, -0.05) is 66.2 Å². The molecule has 0 spiro atoms. The van der Waals surface area contributed by atoms with Crippen LogP contribution in [0.4, 0.5) is 0 Å². The molecule has 4 aromatic carbocycles. The zero-order chi connectivity index (χ0) is 31.9. The molecule has 5 rings (SSSR count). The number of nitrogens with one attached hydrogen (secondary N) is 1. The molecule has 0 aliphatic heterocycles. The Morgan fingerprint density at radius 3 is 2.11 bits per heavy atom. The molecule has 0 unspecified atom stereocenters. The molecule has 1 aromatic heterocycles. The Morgan fingerprint density at radius 1 is 0.844 bits per heavy atom. The highest BCUT2D eigenvalue weighted by Gasteiger charge is 2.19. The number of nitrogens with two attached hydrogens (primary N) is 2. The third kappa shape index (κ3) is 7.45. The Morgan fingerprint density at radius 2 is 1.47 bits per heavy atom. The van der Waals surface area contributed by atoms with E-state index >= 15 is 0 Å². The van der Waals surface area contributed by atoms with E-state index in [9.17, 15) is 9.59 Å². The van der Waals surface area contributed by atoms with Crippen molar-refractivity contribution >= 4 is 28.7 Å². The normalized spacial score (nSPS) is 11.0. The standard InChI is InChI=1S/C36H38N6O3/c1-24-3-5-27(6-4-24)23-42-32-17-16-30(21-31(32)40-33(42)18-11-25-7-12-28(13-8-25)34(38)39)35(43)41(20-19-37)22-26-9-14-29(15-10-26)36(44)45-2/h3-10,12-17,21H,11,18-20,22-23,37H2,1-2H3,(H3,38,39). The summed E-state index contributed by atoms with van der Waals surface area (Å²) in [6.45, 7) is 3.78. The summed E-state index contributed by atoms with van der Waals surface area (Å²) in [6, 6.07) is 28.9. The van der Waals surface area contributed by atoms with Crippen molar-refractivity contribution in [3.8, 4) is 0 Å². The number of amides is 1. The number of carbonyl (C=O) groups excluding carboxylic acids is 2. The number of hydrogen-bond donors (Lipinski definition) is 3. The summed E-state index contributed by atoms with van der Waals surface area (Å²) < 4.78 is 7.01. The lowest BCUT2D eigenvalue weighted by atomic mass is 10.1. The Labute approximate surface area is 262 Å². The zero-order valence-electron chi connectivity index (χ0n) is 25.6. The molecule has 0 radical (unpaired) electrons. The Balaban J connectivity index is 1.42. The fourth-order valence-corrected chi connectivity index (χ4v) is 5.34. The molecular formula is C36H38N6O3. The van der Waals surface area contributed by atoms with E-state index in [1.165, 1.54) is 18.2 Å². The third-order valence-electron chi connectivity index (χ3n) is 7.87. The van der Waals surface area contributed by atoms with E-state index in [4.69, 9.17) is 26.6 Å². The Bertz CT molecular complexity index is 1810. The van der Waals surface area contributed by atoms with Gasteiger partial charge in [0, 0.05) is 43.7 Å². The topological polar surface area (TPSA) is 140 Å². The van der Waals surface area contributed by atoms with Crippen molar-refractivity contribution in [2.45, 2.75) is 32.9 Å². The second-order valence-corrected chi connectivity index (χ2v) is 11.1. The van der Waals surface area contributed by atoms with E-state index in [1.54, 1.807) is 17.0 Å². The van der Waals surface area contributed by atoms with E-state index in [-0.39, 0.29) is 11.7 Å². The molecule has 0 aliphatic carbocycles. The first-order chi connectivity index (χ1) is 21.7. The molecule has 0 bridgehead atoms. The summed E-state index contributed by atoms with van der Waals surface area (Å²) >= 11 is 0. The average molecular weight is 603 g/mol. The maximum absolute atomic E-state index is 13.7. The predicted molar refractivity (Wildman–Crippen MR) is 176 cm³/mol. The van der Waals surface area contributed by atoms with Crippen molar-refractivity contribution in [1.82, 2.24) is 14.5 Å². The number of aromatic nitrogens is 2. The summed E-state index contributed by atoms with van der Waals surface area (Å²) in [6.07, 6.45) is 1.46. The van der Waals surface area contributed by atoms with Gasteiger partial charge in [0.05, 0.1) is 23.7 Å². The number of ether oxygens (including phenoxy) is 1. The fourth-order valence-electron chi connectivity index (χ4n) is 5.34. The second-order valence-electron chi connectivity index (χ2n) is 11.1. The first-order valence-corrected chi connectivity index (χ1v) is 14.9. The van der Waals surface area contributed by atoms with Gasteiger partial charge in [-0.15, -0.1) is 0 Å². The fraction of sp³-hybridized carbons (Fsp3) is 0.222. The monoisotopic (exact) mass is 602 g/mol. The van der Waals surface area contributed by atoms with Gasteiger partial charge in [0.25, 0.3) is 5.91 Å². The highest BCUT2D eigenvalue weighted by atomic mass is 16.5. The Hall–Kier alpha value is -5.28. The minimum atomic E-state index is -0.406.